The first-order valence-electron chi connectivity index (χ1n) is 6.74. The molecule has 132 valence electrons. The Morgan fingerprint density at radius 3 is 2.40 bits per heavy atom. The number of halogens is 3. The highest BCUT2D eigenvalue weighted by Crippen LogP contribution is 2.31. The van der Waals surface area contributed by atoms with Gasteiger partial charge in [-0.25, -0.2) is 13.2 Å². The maximum atomic E-state index is 12.4. The molecule has 0 bridgehead atoms. The highest BCUT2D eigenvalue weighted by atomic mass is 32.2. The first-order chi connectivity index (χ1) is 11.6. The lowest BCUT2D eigenvalue weighted by Gasteiger charge is -2.14. The lowest BCUT2D eigenvalue weighted by atomic mass is 10.3. The van der Waals surface area contributed by atoms with Gasteiger partial charge in [-0.15, -0.1) is 13.2 Å². The Morgan fingerprint density at radius 2 is 1.68 bits per heavy atom. The van der Waals surface area contributed by atoms with Gasteiger partial charge in [0.2, 0.25) is 0 Å². The quantitative estimate of drug-likeness (QED) is 0.654. The number of imidazole rings is 1. The zero-order valence-electron chi connectivity index (χ0n) is 12.2. The van der Waals surface area contributed by atoms with E-state index < -0.39 is 27.8 Å². The van der Waals surface area contributed by atoms with Crippen LogP contribution in [0.15, 0.2) is 52.2 Å². The van der Waals surface area contributed by atoms with Crippen molar-refractivity contribution in [3.8, 4) is 5.75 Å². The van der Waals surface area contributed by atoms with Gasteiger partial charge < -0.3 is 14.7 Å². The van der Waals surface area contributed by atoms with Crippen molar-refractivity contribution in [1.82, 2.24) is 9.97 Å². The Kier molecular flexibility index (Phi) is 3.95. The first-order valence-corrected chi connectivity index (χ1v) is 8.22. The summed E-state index contributed by atoms with van der Waals surface area (Å²) in [5.41, 5.74) is -0.249. The summed E-state index contributed by atoms with van der Waals surface area (Å²) in [5, 5.41) is 0. The van der Waals surface area contributed by atoms with Crippen molar-refractivity contribution in [2.45, 2.75) is 11.3 Å². The molecule has 0 spiro atoms. The van der Waals surface area contributed by atoms with Crippen LogP contribution in [0, 0.1) is 0 Å². The molecule has 0 aliphatic carbocycles. The van der Waals surface area contributed by atoms with E-state index in [9.17, 15) is 26.4 Å². The maximum Gasteiger partial charge on any atom is 0.573 e. The van der Waals surface area contributed by atoms with Crippen LogP contribution in [0.4, 0.5) is 18.9 Å². The molecule has 0 radical (unpaired) electrons. The minimum absolute atomic E-state index is 0.239. The van der Waals surface area contributed by atoms with Gasteiger partial charge in [0, 0.05) is 0 Å². The van der Waals surface area contributed by atoms with Crippen LogP contribution in [0.1, 0.15) is 0 Å². The molecule has 2 aromatic carbocycles. The monoisotopic (exact) mass is 373 g/mol. The number of alkyl halides is 3. The van der Waals surface area contributed by atoms with E-state index >= 15 is 0 Å². The number of ether oxygens (including phenoxy) is 1. The summed E-state index contributed by atoms with van der Waals surface area (Å²) in [4.78, 5) is 15.8. The molecular formula is C14H10F3N3O4S. The van der Waals surface area contributed by atoms with Gasteiger partial charge in [-0.1, -0.05) is 12.1 Å². The molecule has 1 aromatic heterocycles. The number of hydrogen-bond acceptors (Lipinski definition) is 4. The molecule has 0 aliphatic rings. The minimum Gasteiger partial charge on any atom is -0.404 e. The van der Waals surface area contributed by atoms with Crippen LogP contribution in [0.2, 0.25) is 0 Å². The predicted octanol–water partition coefficient (Wildman–Crippen LogP) is 2.56. The van der Waals surface area contributed by atoms with Crippen LogP contribution in [-0.2, 0) is 10.0 Å². The molecule has 0 saturated heterocycles. The number of hydrogen-bond donors (Lipinski definition) is 3. The van der Waals surface area contributed by atoms with Crippen LogP contribution in [0.3, 0.4) is 0 Å². The largest absolute Gasteiger partial charge is 0.573 e. The fourth-order valence-electron chi connectivity index (χ4n) is 2.15. The Labute approximate surface area is 138 Å². The van der Waals surface area contributed by atoms with Crippen LogP contribution < -0.4 is 15.1 Å². The zero-order chi connectivity index (χ0) is 18.2. The van der Waals surface area contributed by atoms with Gasteiger partial charge in [0.25, 0.3) is 10.0 Å². The minimum atomic E-state index is -4.97. The van der Waals surface area contributed by atoms with E-state index in [1.165, 1.54) is 30.3 Å². The van der Waals surface area contributed by atoms with E-state index in [-0.39, 0.29) is 16.1 Å². The average Bonchev–Trinajstić information content (AvgIpc) is 2.86. The molecule has 11 heteroatoms. The fraction of sp³-hybridized carbons (Fsp3) is 0.0714. The Balaban J connectivity index is 1.97. The summed E-state index contributed by atoms with van der Waals surface area (Å²) in [6.07, 6.45) is -4.97. The summed E-state index contributed by atoms with van der Waals surface area (Å²) in [5.74, 6) is -0.685. The summed E-state index contributed by atoms with van der Waals surface area (Å²) in [7, 11) is -4.21. The number of fused-ring (bicyclic) bond motifs is 1. The summed E-state index contributed by atoms with van der Waals surface area (Å²) < 4.78 is 67.9. The molecule has 0 aliphatic heterocycles. The highest BCUT2D eigenvalue weighted by Gasteiger charge is 2.32. The van der Waals surface area contributed by atoms with Gasteiger partial charge in [-0.3, -0.25) is 4.72 Å². The summed E-state index contributed by atoms with van der Waals surface area (Å²) in [6.45, 7) is 0. The number of nitrogens with one attached hydrogen (secondary N) is 3. The molecule has 0 fully saturated rings. The molecule has 0 atom stereocenters. The van der Waals surface area contributed by atoms with Gasteiger partial charge in [0.1, 0.15) is 0 Å². The van der Waals surface area contributed by atoms with Crippen LogP contribution >= 0.6 is 0 Å². The third-order valence-electron chi connectivity index (χ3n) is 3.15. The Morgan fingerprint density at radius 1 is 1.00 bits per heavy atom. The molecule has 7 nitrogen and oxygen atoms in total. The van der Waals surface area contributed by atoms with Crippen molar-refractivity contribution >= 4 is 26.7 Å². The average molecular weight is 373 g/mol. The molecule has 0 saturated carbocycles. The second-order valence-electron chi connectivity index (χ2n) is 4.94. The van der Waals surface area contributed by atoms with Crippen molar-refractivity contribution in [2.24, 2.45) is 0 Å². The van der Waals surface area contributed by atoms with E-state index in [1.54, 1.807) is 0 Å². The van der Waals surface area contributed by atoms with Crippen LogP contribution in [-0.4, -0.2) is 24.7 Å². The van der Waals surface area contributed by atoms with Crippen LogP contribution in [0.25, 0.3) is 11.0 Å². The van der Waals surface area contributed by atoms with Crippen molar-refractivity contribution < 1.29 is 26.3 Å². The smallest absolute Gasteiger partial charge is 0.404 e. The van der Waals surface area contributed by atoms with Gasteiger partial charge in [0.15, 0.2) is 5.75 Å². The van der Waals surface area contributed by atoms with Gasteiger partial charge >= 0.3 is 12.1 Å². The molecule has 3 rings (SSSR count). The number of H-pyrrole nitrogens is 2. The number of sulfonamides is 1. The van der Waals surface area contributed by atoms with Crippen molar-refractivity contribution in [1.29, 1.82) is 0 Å². The lowest BCUT2D eigenvalue weighted by Crippen LogP contribution is -2.19. The van der Waals surface area contributed by atoms with E-state index in [1.807, 2.05) is 4.72 Å². The Hall–Kier alpha value is -2.95. The highest BCUT2D eigenvalue weighted by molar-refractivity contribution is 7.92. The second kappa shape index (κ2) is 5.84. The molecule has 3 aromatic rings. The number of aromatic amines is 2. The predicted molar refractivity (Wildman–Crippen MR) is 82.9 cm³/mol. The van der Waals surface area contributed by atoms with Gasteiger partial charge in [0.05, 0.1) is 21.6 Å². The number of aromatic nitrogens is 2. The summed E-state index contributed by atoms with van der Waals surface area (Å²) in [6, 6.07) is 8.50. The van der Waals surface area contributed by atoms with Crippen molar-refractivity contribution in [3.63, 3.8) is 0 Å². The zero-order valence-corrected chi connectivity index (χ0v) is 13.0. The standard InChI is InChI=1S/C14H10F3N3O4S/c15-14(16,17)24-12-4-2-1-3-10(12)20-25(22,23)8-5-6-9-11(7-8)19-13(21)18-9/h1-7,20H,(H2,18,19,21). The molecule has 3 N–H and O–H groups in total. The second-order valence-corrected chi connectivity index (χ2v) is 6.62. The van der Waals surface area contributed by atoms with Crippen molar-refractivity contribution in [3.05, 3.63) is 52.9 Å². The van der Waals surface area contributed by atoms with Crippen molar-refractivity contribution in [2.75, 3.05) is 4.72 Å². The van der Waals surface area contributed by atoms with E-state index in [2.05, 4.69) is 14.7 Å². The van der Waals surface area contributed by atoms with E-state index in [0.717, 1.165) is 12.1 Å². The third kappa shape index (κ3) is 3.76. The topological polar surface area (TPSA) is 104 Å². The molecule has 25 heavy (non-hydrogen) atoms. The maximum absolute atomic E-state index is 12.4. The SMILES string of the molecule is O=c1[nH]c2ccc(S(=O)(=O)Nc3ccccc3OC(F)(F)F)cc2[nH]1. The Bertz CT molecular complexity index is 1090. The van der Waals surface area contributed by atoms with Crippen LogP contribution in [0.5, 0.6) is 5.75 Å². The lowest BCUT2D eigenvalue weighted by molar-refractivity contribution is -0.274. The van der Waals surface area contributed by atoms with E-state index in [4.69, 9.17) is 0 Å². The third-order valence-corrected chi connectivity index (χ3v) is 4.52. The number of benzene rings is 2. The number of anilines is 1. The number of rotatable bonds is 4. The van der Waals surface area contributed by atoms with Gasteiger partial charge in [-0.2, -0.15) is 0 Å². The molecular weight excluding hydrogens is 363 g/mol. The summed E-state index contributed by atoms with van der Waals surface area (Å²) >= 11 is 0. The fourth-order valence-corrected chi connectivity index (χ4v) is 3.24. The molecule has 0 amide bonds. The van der Waals surface area contributed by atoms with Gasteiger partial charge in [-0.05, 0) is 30.3 Å². The normalized spacial score (nSPS) is 12.3. The first kappa shape index (κ1) is 16.9. The molecule has 0 unspecified atom stereocenters. The molecule has 1 heterocycles. The van der Waals surface area contributed by atoms with E-state index in [0.29, 0.717) is 5.52 Å². The number of para-hydroxylation sites is 2.